The fourth-order valence-electron chi connectivity index (χ4n) is 0. The maximum Gasteiger partial charge on any atom is -0.00208 e. The van der Waals surface area contributed by atoms with Crippen LogP contribution < -0.4 is 0 Å². The van der Waals surface area contributed by atoms with E-state index >= 15 is 0 Å². The molecule has 0 heterocycles. The molecule has 0 aliphatic heterocycles. The van der Waals surface area contributed by atoms with Crippen molar-refractivity contribution in [1.82, 2.24) is 0 Å². The summed E-state index contributed by atoms with van der Waals surface area (Å²) in [5, 5.41) is 0. The van der Waals surface area contributed by atoms with E-state index in [1.165, 1.54) is 0 Å². The Labute approximate surface area is 22.8 Å². The Morgan fingerprint density at radius 2 is 1.75 bits per heavy atom. The van der Waals surface area contributed by atoms with E-state index in [4.69, 9.17) is 11.1 Å². The first-order valence-electron chi connectivity index (χ1n) is 0.424. The van der Waals surface area contributed by atoms with Gasteiger partial charge in [-0.25, -0.2) is 0 Å². The van der Waals surface area contributed by atoms with Crippen LogP contribution in [-0.2, 0) is 0 Å². The van der Waals surface area contributed by atoms with Gasteiger partial charge < -0.3 is 5.48 Å². The van der Waals surface area contributed by atoms with Gasteiger partial charge in [0.1, 0.15) is 0 Å². The third-order valence-electron chi connectivity index (χ3n) is 0. The van der Waals surface area contributed by atoms with Crippen molar-refractivity contribution in [1.29, 1.82) is 5.53 Å². The second-order valence-electron chi connectivity index (χ2n) is 0.100. The average molecular weight is 61.0 g/mol. The molecule has 0 unspecified atom stereocenters. The SMILES string of the molecule is O.[N-]=[N+]=N. The highest BCUT2D eigenvalue weighted by molar-refractivity contribution is 4.18. The Morgan fingerprint density at radius 3 is 1.75 bits per heavy atom. The number of hydrogen-bond donors (Lipinski definition) is 1. The first-order valence-corrected chi connectivity index (χ1v) is 0.424. The average Bonchev–Trinajstić information content (AvgIpc) is 0.918. The van der Waals surface area contributed by atoms with E-state index in [9.17, 15) is 0 Å². The molecule has 0 spiro atoms. The summed E-state index contributed by atoms with van der Waals surface area (Å²) in [5.41, 5.74) is 12.2. The maximum atomic E-state index is 6.86. The van der Waals surface area contributed by atoms with Crippen LogP contribution in [0.2, 0.25) is 0 Å². The fourth-order valence-corrected chi connectivity index (χ4v) is 0. The molecule has 0 saturated carbocycles. The molecule has 0 aliphatic rings. The second-order valence-corrected chi connectivity index (χ2v) is 0.100. The molecule has 0 saturated heterocycles. The number of rotatable bonds is 0. The largest absolute Gasteiger partial charge is 0.412 e. The lowest BCUT2D eigenvalue weighted by molar-refractivity contribution is 0.824. The highest BCUT2D eigenvalue weighted by atomic mass is 16.0. The highest BCUT2D eigenvalue weighted by Gasteiger charge is 0.973. The van der Waals surface area contributed by atoms with Gasteiger partial charge in [-0.15, -0.1) is 5.53 Å². The smallest absolute Gasteiger partial charge is 0.00208 e. The van der Waals surface area contributed by atoms with E-state index in [0.717, 1.165) is 0 Å². The third-order valence-corrected chi connectivity index (χ3v) is 0. The Morgan fingerprint density at radius 1 is 1.75 bits per heavy atom. The summed E-state index contributed by atoms with van der Waals surface area (Å²) in [7, 11) is 0. The zero-order chi connectivity index (χ0) is 2.71. The number of nitrogens with one attached hydrogen (secondary N) is 1. The van der Waals surface area contributed by atoms with Gasteiger partial charge in [0.25, 0.3) is 0 Å². The summed E-state index contributed by atoms with van der Waals surface area (Å²) >= 11 is 0. The van der Waals surface area contributed by atoms with E-state index < -0.39 is 0 Å². The Kier molecular flexibility index (Phi) is 131. The first-order chi connectivity index (χ1) is 1.41. The van der Waals surface area contributed by atoms with Crippen molar-refractivity contribution < 1.29 is 5.48 Å². The molecule has 0 amide bonds. The Bertz CT molecular complexity index is 24.3. The van der Waals surface area contributed by atoms with Gasteiger partial charge in [-0.05, 0) is 10.4 Å². The van der Waals surface area contributed by atoms with Gasteiger partial charge in [0, 0.05) is 0 Å². The quantitative estimate of drug-likeness (QED) is 0.233. The summed E-state index contributed by atoms with van der Waals surface area (Å²) in [5.74, 6) is 0. The predicted octanol–water partition coefficient (Wildman–Crippen LogP) is 0.0508. The predicted molar refractivity (Wildman–Crippen MR) is 13.1 cm³/mol. The number of hydrogen-bond acceptors (Lipinski definition) is 1. The van der Waals surface area contributed by atoms with Gasteiger partial charge in [0.2, 0.25) is 0 Å². The van der Waals surface area contributed by atoms with E-state index in [0.29, 0.717) is 0 Å². The Balaban J connectivity index is 0. The van der Waals surface area contributed by atoms with E-state index in [1.807, 2.05) is 0 Å². The summed E-state index contributed by atoms with van der Waals surface area (Å²) in [6.45, 7) is 0. The molecule has 4 nitrogen and oxygen atoms in total. The summed E-state index contributed by atoms with van der Waals surface area (Å²) in [4.78, 5) is 1.75. The molecular formula is H3N3O. The van der Waals surface area contributed by atoms with Gasteiger partial charge in [0.15, 0.2) is 0 Å². The molecule has 0 aliphatic carbocycles. The molecule has 0 aromatic heterocycles. The second kappa shape index (κ2) is 50.2. The van der Waals surface area contributed by atoms with E-state index in [-0.39, 0.29) is 5.48 Å². The van der Waals surface area contributed by atoms with Crippen molar-refractivity contribution in [3.05, 3.63) is 10.4 Å². The minimum atomic E-state index is 0. The van der Waals surface area contributed by atoms with Crippen LogP contribution in [0, 0.1) is 5.53 Å². The molecule has 0 atom stereocenters. The lowest BCUT2D eigenvalue weighted by atomic mass is 13.0. The number of nitrogens with zero attached hydrogens (tertiary/aromatic N) is 2. The van der Waals surface area contributed by atoms with Crippen LogP contribution in [0.3, 0.4) is 0 Å². The van der Waals surface area contributed by atoms with Crippen molar-refractivity contribution in [2.45, 2.75) is 0 Å². The molecule has 0 rings (SSSR count). The van der Waals surface area contributed by atoms with Crippen LogP contribution >= 0.6 is 0 Å². The molecule has 0 fully saturated rings. The summed E-state index contributed by atoms with van der Waals surface area (Å²) < 4.78 is 0. The Hall–Kier alpha value is -0.730. The summed E-state index contributed by atoms with van der Waals surface area (Å²) in [6, 6.07) is 0. The maximum absolute atomic E-state index is 6.86. The molecule has 0 bridgehead atoms. The molecule has 4 heavy (non-hydrogen) atoms. The van der Waals surface area contributed by atoms with Crippen molar-refractivity contribution in [3.8, 4) is 0 Å². The van der Waals surface area contributed by atoms with Crippen LogP contribution in [0.25, 0.3) is 10.4 Å². The van der Waals surface area contributed by atoms with E-state index in [1.54, 1.807) is 4.91 Å². The lowest BCUT2D eigenvalue weighted by Gasteiger charge is -1.03. The van der Waals surface area contributed by atoms with Gasteiger partial charge in [0.05, 0.1) is 0 Å². The van der Waals surface area contributed by atoms with Gasteiger partial charge in [-0.2, -0.15) is 0 Å². The van der Waals surface area contributed by atoms with Gasteiger partial charge in [-0.1, -0.05) is 0 Å². The summed E-state index contributed by atoms with van der Waals surface area (Å²) in [6.07, 6.45) is 0. The lowest BCUT2D eigenvalue weighted by Crippen LogP contribution is -0.769. The molecule has 0 aromatic rings. The van der Waals surface area contributed by atoms with Crippen LogP contribution in [0.15, 0.2) is 0 Å². The van der Waals surface area contributed by atoms with Gasteiger partial charge in [-0.3, -0.25) is 0 Å². The van der Waals surface area contributed by atoms with E-state index in [2.05, 4.69) is 0 Å². The standard InChI is InChI=1S/HN3.H2O/c1-3-2;/h1H;1H2. The topological polar surface area (TPSA) is 91.8 Å². The first kappa shape index (κ1) is 10.4. The zero-order valence-corrected chi connectivity index (χ0v) is 1.89. The molecule has 0 aromatic carbocycles. The van der Waals surface area contributed by atoms with Crippen LogP contribution in [0.4, 0.5) is 0 Å². The molecular weight excluding hydrogens is 58.0 g/mol. The minimum Gasteiger partial charge on any atom is -0.412 e. The zero-order valence-electron chi connectivity index (χ0n) is 1.89. The van der Waals surface area contributed by atoms with Crippen LogP contribution in [-0.4, -0.2) is 5.48 Å². The monoisotopic (exact) mass is 61.0 g/mol. The molecule has 24 valence electrons. The minimum absolute atomic E-state index is 0. The van der Waals surface area contributed by atoms with Crippen molar-refractivity contribution in [2.75, 3.05) is 0 Å². The molecule has 0 radical (unpaired) electrons. The third kappa shape index (κ3) is 0.174. The van der Waals surface area contributed by atoms with Crippen LogP contribution in [0.1, 0.15) is 0 Å². The highest BCUT2D eigenvalue weighted by Crippen LogP contribution is 1.24. The normalized spacial score (nSPS) is 2.00. The van der Waals surface area contributed by atoms with Crippen molar-refractivity contribution in [2.24, 2.45) is 0 Å². The fraction of sp³-hybridized carbons (Fsp3) is 0. The van der Waals surface area contributed by atoms with Gasteiger partial charge >= 0.3 is 0 Å². The molecule has 4 heteroatoms. The van der Waals surface area contributed by atoms with Crippen LogP contribution in [0.5, 0.6) is 0 Å². The van der Waals surface area contributed by atoms with Crippen molar-refractivity contribution in [3.63, 3.8) is 0 Å². The molecule has 3 N–H and O–H groups in total. The van der Waals surface area contributed by atoms with Crippen molar-refractivity contribution >= 4 is 0 Å².